The number of imidazole rings is 1. The van der Waals surface area contributed by atoms with Crippen LogP contribution in [0.4, 0.5) is 0 Å². The highest BCUT2D eigenvalue weighted by molar-refractivity contribution is 5.77. The number of hydrogen-bond acceptors (Lipinski definition) is 3. The highest BCUT2D eigenvalue weighted by atomic mass is 16.6. The summed E-state index contributed by atoms with van der Waals surface area (Å²) in [5.41, 5.74) is 2.01. The van der Waals surface area contributed by atoms with Crippen LogP contribution < -0.4 is 4.74 Å². The van der Waals surface area contributed by atoms with E-state index in [1.165, 1.54) is 0 Å². The van der Waals surface area contributed by atoms with Gasteiger partial charge in [0.15, 0.2) is 6.23 Å². The number of para-hydroxylation sites is 2. The monoisotopic (exact) mass is 200 g/mol. The van der Waals surface area contributed by atoms with Gasteiger partial charge >= 0.3 is 6.01 Å². The molecule has 0 amide bonds. The van der Waals surface area contributed by atoms with Crippen molar-refractivity contribution in [3.05, 3.63) is 36.3 Å². The Morgan fingerprint density at radius 2 is 2.27 bits per heavy atom. The number of ether oxygens (including phenoxy) is 2. The van der Waals surface area contributed by atoms with E-state index in [0.717, 1.165) is 23.2 Å². The van der Waals surface area contributed by atoms with Crippen molar-refractivity contribution in [2.75, 3.05) is 0 Å². The van der Waals surface area contributed by atoms with E-state index in [-0.39, 0.29) is 6.23 Å². The van der Waals surface area contributed by atoms with Crippen LogP contribution in [0.25, 0.3) is 11.0 Å². The molecule has 0 aliphatic carbocycles. The van der Waals surface area contributed by atoms with Crippen molar-refractivity contribution in [3.8, 4) is 6.01 Å². The first kappa shape index (κ1) is 7.34. The maximum Gasteiger partial charge on any atom is 0.305 e. The average molecular weight is 200 g/mol. The van der Waals surface area contributed by atoms with Crippen molar-refractivity contribution in [2.45, 2.75) is 12.6 Å². The molecule has 15 heavy (non-hydrogen) atoms. The van der Waals surface area contributed by atoms with Gasteiger partial charge in [-0.15, -0.1) is 0 Å². The number of aromatic nitrogens is 2. The smallest absolute Gasteiger partial charge is 0.305 e. The van der Waals surface area contributed by atoms with Crippen LogP contribution in [-0.2, 0) is 4.74 Å². The predicted octanol–water partition coefficient (Wildman–Crippen LogP) is 2.19. The summed E-state index contributed by atoms with van der Waals surface area (Å²) in [6, 6.07) is 8.61. The second-order valence-corrected chi connectivity index (χ2v) is 3.73. The summed E-state index contributed by atoms with van der Waals surface area (Å²) in [6.45, 7) is 0. The Hall–Kier alpha value is -1.97. The zero-order valence-corrected chi connectivity index (χ0v) is 7.88. The normalized spacial score (nSPS) is 21.9. The van der Waals surface area contributed by atoms with E-state index in [4.69, 9.17) is 9.47 Å². The first-order valence-electron chi connectivity index (χ1n) is 4.91. The molecule has 4 nitrogen and oxygen atoms in total. The molecule has 0 unspecified atom stereocenters. The summed E-state index contributed by atoms with van der Waals surface area (Å²) in [5, 5.41) is 0. The number of hydrogen-bond donors (Lipinski definition) is 0. The third kappa shape index (κ3) is 0.837. The quantitative estimate of drug-likeness (QED) is 0.654. The fraction of sp³-hybridized carbons (Fsp3) is 0.182. The largest absolute Gasteiger partial charge is 0.474 e. The highest BCUT2D eigenvalue weighted by Gasteiger charge is 2.32. The third-order valence-corrected chi connectivity index (χ3v) is 2.81. The third-order valence-electron chi connectivity index (χ3n) is 2.81. The van der Waals surface area contributed by atoms with Crippen LogP contribution in [0.3, 0.4) is 0 Å². The van der Waals surface area contributed by atoms with Gasteiger partial charge in [-0.2, -0.15) is 4.98 Å². The second kappa shape index (κ2) is 2.34. The zero-order valence-electron chi connectivity index (χ0n) is 7.88. The highest BCUT2D eigenvalue weighted by Crippen LogP contribution is 2.39. The molecule has 3 heterocycles. The van der Waals surface area contributed by atoms with Crippen molar-refractivity contribution in [2.24, 2.45) is 0 Å². The molecule has 2 aromatic rings. The Labute approximate surface area is 85.7 Å². The Bertz CT molecular complexity index is 585. The van der Waals surface area contributed by atoms with Crippen molar-refractivity contribution in [3.63, 3.8) is 0 Å². The van der Waals surface area contributed by atoms with E-state index < -0.39 is 0 Å². The van der Waals surface area contributed by atoms with Gasteiger partial charge in [0.2, 0.25) is 0 Å². The number of rotatable bonds is 0. The first-order valence-corrected chi connectivity index (χ1v) is 4.91. The van der Waals surface area contributed by atoms with Gasteiger partial charge in [0.05, 0.1) is 17.5 Å². The summed E-state index contributed by atoms with van der Waals surface area (Å²) in [6.07, 6.45) is 2.50. The predicted molar refractivity (Wildman–Crippen MR) is 53.2 cm³/mol. The average Bonchev–Trinajstić information content (AvgIpc) is 2.80. The van der Waals surface area contributed by atoms with Gasteiger partial charge in [-0.3, -0.25) is 4.57 Å². The van der Waals surface area contributed by atoms with Crippen LogP contribution >= 0.6 is 0 Å². The second-order valence-electron chi connectivity index (χ2n) is 3.73. The van der Waals surface area contributed by atoms with Crippen molar-refractivity contribution in [1.82, 2.24) is 9.55 Å². The van der Waals surface area contributed by atoms with Gasteiger partial charge in [0.1, 0.15) is 12.0 Å². The van der Waals surface area contributed by atoms with E-state index in [2.05, 4.69) is 4.98 Å². The zero-order chi connectivity index (χ0) is 9.83. The van der Waals surface area contributed by atoms with E-state index >= 15 is 0 Å². The molecule has 2 bridgehead atoms. The molecule has 4 heteroatoms. The van der Waals surface area contributed by atoms with Crippen LogP contribution in [0, 0.1) is 0 Å². The molecule has 74 valence electrons. The molecule has 2 aliphatic rings. The van der Waals surface area contributed by atoms with Gasteiger partial charge < -0.3 is 9.47 Å². The van der Waals surface area contributed by atoms with Crippen molar-refractivity contribution < 1.29 is 9.47 Å². The summed E-state index contributed by atoms with van der Waals surface area (Å²) in [5.74, 6) is 0.864. The lowest BCUT2D eigenvalue weighted by molar-refractivity contribution is 0.0917. The van der Waals surface area contributed by atoms with Crippen LogP contribution in [0.1, 0.15) is 12.6 Å². The molecule has 4 rings (SSSR count). The molecule has 0 spiro atoms. The van der Waals surface area contributed by atoms with Crippen LogP contribution in [-0.4, -0.2) is 9.55 Å². The van der Waals surface area contributed by atoms with Crippen LogP contribution in [0.2, 0.25) is 0 Å². The Balaban J connectivity index is 2.08. The summed E-state index contributed by atoms with van der Waals surface area (Å²) < 4.78 is 13.1. The molecule has 0 saturated heterocycles. The minimum atomic E-state index is 0.0242. The maximum atomic E-state index is 5.60. The topological polar surface area (TPSA) is 36.3 Å². The lowest BCUT2D eigenvalue weighted by Gasteiger charge is -2.19. The molecule has 0 N–H and O–H groups in total. The Morgan fingerprint density at radius 1 is 1.33 bits per heavy atom. The fourth-order valence-corrected chi connectivity index (χ4v) is 2.13. The minimum absolute atomic E-state index is 0.0242. The van der Waals surface area contributed by atoms with Gasteiger partial charge in [-0.1, -0.05) is 12.1 Å². The van der Waals surface area contributed by atoms with Crippen LogP contribution in [0.5, 0.6) is 6.01 Å². The molecular formula is C11H8N2O2. The standard InChI is InChI=1S/C11H8N2O2/c1-2-4-9-8(3-1)12-11-13(9)10-5-7(15-11)6-14-10/h1-4,6,10H,5H2/t10-/m1/s1. The number of benzene rings is 1. The summed E-state index contributed by atoms with van der Waals surface area (Å²) in [7, 11) is 0. The van der Waals surface area contributed by atoms with E-state index in [1.807, 2.05) is 28.8 Å². The Morgan fingerprint density at radius 3 is 3.27 bits per heavy atom. The van der Waals surface area contributed by atoms with E-state index in [0.29, 0.717) is 6.01 Å². The number of fused-ring (bicyclic) bond motifs is 6. The molecule has 0 fully saturated rings. The molecule has 1 aromatic carbocycles. The Kier molecular flexibility index (Phi) is 1.14. The minimum Gasteiger partial charge on any atom is -0.474 e. The van der Waals surface area contributed by atoms with Gasteiger partial charge in [0.25, 0.3) is 0 Å². The molecule has 2 aliphatic heterocycles. The van der Waals surface area contributed by atoms with Crippen molar-refractivity contribution >= 4 is 11.0 Å². The SMILES string of the molecule is C1=C2C[C@@H](O1)n1c(nc3ccccc31)O2. The molecular weight excluding hydrogens is 192 g/mol. The van der Waals surface area contributed by atoms with E-state index in [1.54, 1.807) is 6.26 Å². The molecule has 0 saturated carbocycles. The lowest BCUT2D eigenvalue weighted by atomic mass is 10.3. The van der Waals surface area contributed by atoms with Gasteiger partial charge in [-0.05, 0) is 12.1 Å². The first-order chi connectivity index (χ1) is 7.42. The van der Waals surface area contributed by atoms with Crippen molar-refractivity contribution in [1.29, 1.82) is 0 Å². The van der Waals surface area contributed by atoms with E-state index in [9.17, 15) is 0 Å². The van der Waals surface area contributed by atoms with Gasteiger partial charge in [0, 0.05) is 0 Å². The van der Waals surface area contributed by atoms with Gasteiger partial charge in [-0.25, -0.2) is 0 Å². The fourth-order valence-electron chi connectivity index (χ4n) is 2.13. The summed E-state index contributed by atoms with van der Waals surface area (Å²) in [4.78, 5) is 4.41. The molecule has 1 aromatic heterocycles. The summed E-state index contributed by atoms with van der Waals surface area (Å²) >= 11 is 0. The lowest BCUT2D eigenvalue weighted by Crippen LogP contribution is -2.14. The number of nitrogens with zero attached hydrogens (tertiary/aromatic N) is 2. The molecule has 1 atom stereocenters. The van der Waals surface area contributed by atoms with Crippen LogP contribution in [0.15, 0.2) is 36.3 Å². The molecule has 0 radical (unpaired) electrons. The maximum absolute atomic E-state index is 5.60.